The van der Waals surface area contributed by atoms with E-state index in [9.17, 15) is 34.0 Å². The molecule has 4 rings (SSSR count). The minimum Gasteiger partial charge on any atom is -0.548 e. The number of aliphatic carboxylic acids is 2. The van der Waals surface area contributed by atoms with Crippen LogP contribution in [-0.2, 0) is 35.6 Å². The van der Waals surface area contributed by atoms with E-state index in [0.29, 0.717) is 17.1 Å². The van der Waals surface area contributed by atoms with Gasteiger partial charge in [0, 0.05) is 59.4 Å². The molecule has 1 aliphatic rings. The van der Waals surface area contributed by atoms with Gasteiger partial charge in [0.1, 0.15) is 18.0 Å². The van der Waals surface area contributed by atoms with Gasteiger partial charge in [0.05, 0.1) is 34.6 Å². The number of thioether (sulfide) groups is 2. The number of carboxylic acids is 2. The summed E-state index contributed by atoms with van der Waals surface area (Å²) in [5.41, 5.74) is 13.2. The lowest BCUT2D eigenvalue weighted by atomic mass is 9.97. The molecular formula is C31H41N11O10PS4-. The molecule has 0 fully saturated rings. The van der Waals surface area contributed by atoms with Crippen LogP contribution in [0.1, 0.15) is 38.9 Å². The fourth-order valence-corrected chi connectivity index (χ4v) is 8.30. The summed E-state index contributed by atoms with van der Waals surface area (Å²) in [6.07, 6.45) is 5.77. The number of nitrogens with two attached hydrogens (primary N) is 2. The fraction of sp³-hybridized carbons (Fsp3) is 0.419. The molecule has 3 aromatic heterocycles. The zero-order chi connectivity index (χ0) is 42.3. The summed E-state index contributed by atoms with van der Waals surface area (Å²) in [7, 11) is -2.72. The van der Waals surface area contributed by atoms with E-state index in [1.54, 1.807) is 36.9 Å². The van der Waals surface area contributed by atoms with Gasteiger partial charge in [-0.15, -0.1) is 23.1 Å². The third-order valence-corrected chi connectivity index (χ3v) is 11.9. The van der Waals surface area contributed by atoms with Crippen LogP contribution in [0.3, 0.4) is 0 Å². The van der Waals surface area contributed by atoms with Gasteiger partial charge in [-0.3, -0.25) is 25.0 Å². The third-order valence-electron chi connectivity index (χ3n) is 7.37. The molecule has 0 saturated carbocycles. The Kier molecular flexibility index (Phi) is 18.5. The Morgan fingerprint density at radius 2 is 1.93 bits per heavy atom. The summed E-state index contributed by atoms with van der Waals surface area (Å²) >= 11 is 5.05. The number of amides is 1. The number of Topliss-reactive ketones (excluding diaryl/α,β-unsaturated/α-hetero) is 1. The topological polar surface area (TPSA) is 337 Å². The van der Waals surface area contributed by atoms with Crippen LogP contribution in [-0.4, -0.2) is 96.0 Å². The van der Waals surface area contributed by atoms with Crippen LogP contribution in [0.15, 0.2) is 55.7 Å². The number of carbonyl (C=O) groups excluding carboxylic acids is 4. The number of ketones is 1. The largest absolute Gasteiger partial charge is 0.548 e. The van der Waals surface area contributed by atoms with Gasteiger partial charge in [0.25, 0.3) is 0 Å². The Morgan fingerprint density at radius 3 is 2.53 bits per heavy atom. The number of guanidine groups is 1. The number of pyridine rings is 1. The van der Waals surface area contributed by atoms with Gasteiger partial charge >= 0.3 is 7.75 Å². The number of carbonyl (C=O) groups is 4. The molecule has 1 amide bonds. The molecule has 3 aromatic rings. The van der Waals surface area contributed by atoms with Crippen molar-refractivity contribution in [2.24, 2.45) is 34.6 Å². The van der Waals surface area contributed by atoms with E-state index in [1.807, 2.05) is 35.4 Å². The molecule has 26 heteroatoms. The number of hydrogen-bond acceptors (Lipinski definition) is 19. The Labute approximate surface area is 343 Å². The number of nitrogens with zero attached hydrogens (tertiary/aromatic N) is 6. The van der Waals surface area contributed by atoms with Crippen molar-refractivity contribution in [3.05, 3.63) is 47.0 Å². The van der Waals surface area contributed by atoms with E-state index >= 15 is 0 Å². The van der Waals surface area contributed by atoms with Crippen molar-refractivity contribution in [1.82, 2.24) is 25.0 Å². The standard InChI is InChI=1S/C21H32N9O10PS2.C10H11N2S2/c1-3-40-28-14(15-26-21(43-30-15)29-41(37,38)39)12(31)7-10(17-25-13(19(35)36)9(2)8-42-17)16(32)27-20(23)24-6-4-5-11(22)18(33)34;1-12-5-3-8(4-6-12)9-7-14-10(11-9)13-2/h10-11,17,25H,3-8,22H2,1-2H3,(H,33,34)(H,35,36)(H3,23,24,27,32)(H3,26,29,30,37,38,39);3-7H,1-2H3/q;+1/p-2/b28-14+;/t10-,11-,17-;/m1./s1. The second kappa shape index (κ2) is 22.4. The number of oxime groups is 1. The minimum absolute atomic E-state index is 0.00945. The zero-order valence-corrected chi connectivity index (χ0v) is 35.1. The summed E-state index contributed by atoms with van der Waals surface area (Å²) in [6, 6.07) is 2.96. The Balaban J connectivity index is 0.000000515. The van der Waals surface area contributed by atoms with Gasteiger partial charge in [0.15, 0.2) is 29.8 Å². The highest BCUT2D eigenvalue weighted by Crippen LogP contribution is 2.36. The lowest BCUT2D eigenvalue weighted by Crippen LogP contribution is -2.51. The summed E-state index contributed by atoms with van der Waals surface area (Å²) in [5, 5.41) is 33.8. The molecule has 57 heavy (non-hydrogen) atoms. The Morgan fingerprint density at radius 1 is 1.23 bits per heavy atom. The van der Waals surface area contributed by atoms with Crippen molar-refractivity contribution in [3.63, 3.8) is 0 Å². The van der Waals surface area contributed by atoms with Crippen LogP contribution in [0.4, 0.5) is 5.13 Å². The number of aromatic nitrogens is 4. The number of aliphatic imine (C=N–C) groups is 1. The molecule has 21 nitrogen and oxygen atoms in total. The van der Waals surface area contributed by atoms with Gasteiger partial charge in [0.2, 0.25) is 16.9 Å². The van der Waals surface area contributed by atoms with Crippen molar-refractivity contribution >= 4 is 94.6 Å². The molecule has 0 spiro atoms. The minimum atomic E-state index is -4.73. The van der Waals surface area contributed by atoms with Gasteiger partial charge in [-0.05, 0) is 38.5 Å². The number of nitrogens with one attached hydrogen (secondary N) is 3. The molecule has 0 saturated heterocycles. The average Bonchev–Trinajstić information content (AvgIpc) is 3.82. The van der Waals surface area contributed by atoms with Gasteiger partial charge in [-0.25, -0.2) is 14.1 Å². The van der Waals surface area contributed by atoms with Crippen LogP contribution >= 0.6 is 54.1 Å². The third kappa shape index (κ3) is 15.4. The van der Waals surface area contributed by atoms with Crippen molar-refractivity contribution in [3.8, 4) is 11.3 Å². The van der Waals surface area contributed by atoms with Crippen LogP contribution < -0.4 is 42.0 Å². The van der Waals surface area contributed by atoms with Crippen molar-refractivity contribution in [1.29, 1.82) is 0 Å². The van der Waals surface area contributed by atoms with E-state index < -0.39 is 60.8 Å². The second-order valence-corrected chi connectivity index (χ2v) is 16.9. The molecule has 0 radical (unpaired) electrons. The molecule has 1 aliphatic heterocycles. The van der Waals surface area contributed by atoms with E-state index in [1.165, 1.54) is 5.56 Å². The fourth-order valence-electron chi connectivity index (χ4n) is 4.56. The zero-order valence-electron chi connectivity index (χ0n) is 30.9. The van der Waals surface area contributed by atoms with Crippen molar-refractivity contribution in [2.75, 3.05) is 30.2 Å². The first-order valence-corrected chi connectivity index (χ1v) is 22.2. The summed E-state index contributed by atoms with van der Waals surface area (Å²) in [4.78, 5) is 84.7. The molecule has 9 N–H and O–H groups in total. The molecular weight excluding hydrogens is 846 g/mol. The monoisotopic (exact) mass is 886 g/mol. The van der Waals surface area contributed by atoms with Crippen LogP contribution in [0, 0.1) is 5.92 Å². The lowest BCUT2D eigenvalue weighted by Gasteiger charge is -2.33. The molecule has 0 bridgehead atoms. The summed E-state index contributed by atoms with van der Waals surface area (Å²) < 4.78 is 18.3. The predicted octanol–water partition coefficient (Wildman–Crippen LogP) is -1.31. The van der Waals surface area contributed by atoms with Crippen LogP contribution in [0.5, 0.6) is 0 Å². The Hall–Kier alpha value is -4.49. The average molecular weight is 887 g/mol. The predicted molar refractivity (Wildman–Crippen MR) is 211 cm³/mol. The van der Waals surface area contributed by atoms with E-state index in [0.717, 1.165) is 21.8 Å². The quantitative estimate of drug-likeness (QED) is 0.0148. The maximum atomic E-state index is 13.5. The molecule has 0 aliphatic carbocycles. The number of anilines is 1. The second-order valence-electron chi connectivity index (χ2n) is 11.8. The lowest BCUT2D eigenvalue weighted by molar-refractivity contribution is -0.671. The summed E-state index contributed by atoms with van der Waals surface area (Å²) in [6.45, 7) is 3.17. The number of thiazole rings is 1. The van der Waals surface area contributed by atoms with Crippen molar-refractivity contribution < 1.29 is 53.1 Å². The molecule has 0 aromatic carbocycles. The molecule has 4 heterocycles. The first-order chi connectivity index (χ1) is 26.9. The SMILES string of the molecule is CCO/N=C(\C(=O)C[C@H](C(=O)NC(N)=NCCC[C@@H](N)C(=O)[O-])[C@@H]1NC(C(=O)[O-])=C(C)CS1)c1nsc(NP(=O)(O)O)n1.CSc1nc(-c2cc[n+](C)cc2)cs1. The summed E-state index contributed by atoms with van der Waals surface area (Å²) in [5.74, 6) is -6.40. The molecule has 3 atom stereocenters. The number of aryl methyl sites for hydroxylation is 1. The van der Waals surface area contributed by atoms with Gasteiger partial charge in [-0.2, -0.15) is 9.36 Å². The molecule has 310 valence electrons. The van der Waals surface area contributed by atoms with E-state index in [2.05, 4.69) is 52.6 Å². The van der Waals surface area contributed by atoms with E-state index in [4.69, 9.17) is 26.1 Å². The number of hydrogen-bond donors (Lipinski definition) is 7. The smallest absolute Gasteiger partial charge is 0.429 e. The normalized spacial score (nSPS) is 15.7. The maximum Gasteiger partial charge on any atom is 0.429 e. The first kappa shape index (κ1) is 46.9. The van der Waals surface area contributed by atoms with E-state index in [-0.39, 0.29) is 54.4 Å². The first-order valence-electron chi connectivity index (χ1n) is 16.6. The van der Waals surface area contributed by atoms with Crippen molar-refractivity contribution in [2.45, 2.75) is 48.9 Å². The maximum absolute atomic E-state index is 13.5. The highest BCUT2D eigenvalue weighted by Gasteiger charge is 2.36. The highest BCUT2D eigenvalue weighted by molar-refractivity contribution is 8.00. The highest BCUT2D eigenvalue weighted by atomic mass is 32.2. The number of carboxylic acid groups (broad SMARTS) is 2. The van der Waals surface area contributed by atoms with Gasteiger partial charge in [-0.1, -0.05) is 16.9 Å². The molecule has 0 unspecified atom stereocenters. The Bertz CT molecular complexity index is 2020. The van der Waals surface area contributed by atoms with Crippen LogP contribution in [0.2, 0.25) is 0 Å². The number of rotatable bonds is 18. The van der Waals surface area contributed by atoms with Crippen LogP contribution in [0.25, 0.3) is 11.3 Å². The van der Waals surface area contributed by atoms with Gasteiger partial charge < -0.3 is 51.2 Å².